The molecule has 0 aliphatic carbocycles. The van der Waals surface area contributed by atoms with Gasteiger partial charge < -0.3 is 29.7 Å². The Kier molecular flexibility index (Phi) is 9.94. The Balaban J connectivity index is 1.85. The van der Waals surface area contributed by atoms with Gasteiger partial charge in [-0.05, 0) is 29.8 Å². The van der Waals surface area contributed by atoms with Crippen molar-refractivity contribution in [3.63, 3.8) is 0 Å². The van der Waals surface area contributed by atoms with E-state index >= 15 is 0 Å². The van der Waals surface area contributed by atoms with Crippen molar-refractivity contribution in [2.45, 2.75) is 43.9 Å². The van der Waals surface area contributed by atoms with Crippen LogP contribution in [0.4, 0.5) is 40.3 Å². The molecule has 15 heteroatoms. The standard InChI is InChI=1S/C26H28F7N3O5/c1-34-23(38)36-6-5-19(13-21(36)20-4-3-18(27)12-22(20)40-2)41-24(39)35(7-8-37)14-15-9-16(25(28,29)30)11-17(10-15)26(31,32)33/h3-4,9-12,19,21,37H,5-8,13-14H2,1-2H3,(H,34,38). The number of rotatable bonds is 7. The van der Waals surface area contributed by atoms with E-state index in [-0.39, 0.29) is 31.2 Å². The van der Waals surface area contributed by atoms with Crippen LogP contribution in [0.2, 0.25) is 0 Å². The second-order valence-electron chi connectivity index (χ2n) is 9.24. The van der Waals surface area contributed by atoms with Crippen LogP contribution < -0.4 is 10.1 Å². The number of aliphatic hydroxyl groups is 1. The lowest BCUT2D eigenvalue weighted by molar-refractivity contribution is -0.143. The molecule has 1 saturated heterocycles. The third kappa shape index (κ3) is 7.93. The molecule has 2 N–H and O–H groups in total. The Hall–Kier alpha value is -3.75. The molecule has 1 fully saturated rings. The number of urea groups is 1. The fourth-order valence-electron chi connectivity index (χ4n) is 4.59. The number of halogens is 7. The quantitative estimate of drug-likeness (QED) is 0.422. The number of hydrogen-bond acceptors (Lipinski definition) is 5. The van der Waals surface area contributed by atoms with Gasteiger partial charge in [0.05, 0.1) is 30.9 Å². The predicted octanol–water partition coefficient (Wildman–Crippen LogP) is 5.35. The predicted molar refractivity (Wildman–Crippen MR) is 130 cm³/mol. The van der Waals surface area contributed by atoms with E-state index in [1.807, 2.05) is 0 Å². The van der Waals surface area contributed by atoms with Crippen LogP contribution in [0.25, 0.3) is 0 Å². The number of carbonyl (C=O) groups is 2. The molecule has 1 heterocycles. The van der Waals surface area contributed by atoms with Gasteiger partial charge >= 0.3 is 24.5 Å². The van der Waals surface area contributed by atoms with Crippen molar-refractivity contribution in [2.75, 3.05) is 33.9 Å². The van der Waals surface area contributed by atoms with Gasteiger partial charge in [0, 0.05) is 51.2 Å². The van der Waals surface area contributed by atoms with E-state index in [2.05, 4.69) is 5.32 Å². The molecular formula is C26H28F7N3O5. The van der Waals surface area contributed by atoms with Crippen molar-refractivity contribution in [3.8, 4) is 5.75 Å². The molecule has 0 saturated carbocycles. The van der Waals surface area contributed by atoms with Gasteiger partial charge in [0.2, 0.25) is 0 Å². The zero-order valence-corrected chi connectivity index (χ0v) is 22.0. The fraction of sp³-hybridized carbons (Fsp3) is 0.462. The van der Waals surface area contributed by atoms with Crippen LogP contribution in [-0.4, -0.2) is 67.0 Å². The van der Waals surface area contributed by atoms with Crippen molar-refractivity contribution in [1.29, 1.82) is 0 Å². The highest BCUT2D eigenvalue weighted by Crippen LogP contribution is 2.39. The second-order valence-corrected chi connectivity index (χ2v) is 9.24. The molecule has 1 aliphatic heterocycles. The van der Waals surface area contributed by atoms with Crippen molar-refractivity contribution < 1.29 is 54.9 Å². The zero-order chi connectivity index (χ0) is 30.5. The van der Waals surface area contributed by atoms with Crippen LogP contribution in [0.1, 0.15) is 41.1 Å². The molecule has 226 valence electrons. The minimum absolute atomic E-state index is 0.0237. The smallest absolute Gasteiger partial charge is 0.416 e. The summed E-state index contributed by atoms with van der Waals surface area (Å²) in [4.78, 5) is 27.8. The number of aliphatic hydroxyl groups excluding tert-OH is 1. The molecule has 0 radical (unpaired) electrons. The maximum absolute atomic E-state index is 13.8. The number of nitrogens with zero attached hydrogens (tertiary/aromatic N) is 2. The summed E-state index contributed by atoms with van der Waals surface area (Å²) in [5.74, 6) is -0.443. The summed E-state index contributed by atoms with van der Waals surface area (Å²) in [5, 5.41) is 11.9. The van der Waals surface area contributed by atoms with Gasteiger partial charge in [-0.15, -0.1) is 0 Å². The van der Waals surface area contributed by atoms with Gasteiger partial charge in [0.25, 0.3) is 0 Å². The molecule has 1 aliphatic rings. The Bertz CT molecular complexity index is 1210. The van der Waals surface area contributed by atoms with Crippen molar-refractivity contribution in [3.05, 3.63) is 64.5 Å². The zero-order valence-electron chi connectivity index (χ0n) is 22.0. The molecule has 41 heavy (non-hydrogen) atoms. The van der Waals surface area contributed by atoms with Crippen LogP contribution in [0.3, 0.4) is 0 Å². The first-order chi connectivity index (χ1) is 19.2. The molecule has 2 atom stereocenters. The van der Waals surface area contributed by atoms with E-state index in [0.717, 1.165) is 11.0 Å². The normalized spacial score (nSPS) is 17.7. The number of nitrogens with one attached hydrogen (secondary N) is 1. The lowest BCUT2D eigenvalue weighted by atomic mass is 9.92. The van der Waals surface area contributed by atoms with Gasteiger partial charge in [0.15, 0.2) is 0 Å². The summed E-state index contributed by atoms with van der Waals surface area (Å²) in [6.45, 7) is -1.71. The third-order valence-corrected chi connectivity index (χ3v) is 6.50. The average Bonchev–Trinajstić information content (AvgIpc) is 2.91. The summed E-state index contributed by atoms with van der Waals surface area (Å²) in [6.07, 6.45) is -11.9. The maximum Gasteiger partial charge on any atom is 0.416 e. The van der Waals surface area contributed by atoms with E-state index in [1.54, 1.807) is 0 Å². The summed E-state index contributed by atoms with van der Waals surface area (Å²) in [7, 11) is 2.73. The Morgan fingerprint density at radius 2 is 1.71 bits per heavy atom. The number of methoxy groups -OCH3 is 1. The first-order valence-corrected chi connectivity index (χ1v) is 12.3. The Morgan fingerprint density at radius 1 is 1.07 bits per heavy atom. The number of piperidine rings is 1. The maximum atomic E-state index is 13.8. The van der Waals surface area contributed by atoms with Gasteiger partial charge in [0.1, 0.15) is 17.7 Å². The molecule has 3 amide bonds. The van der Waals surface area contributed by atoms with Crippen LogP contribution in [-0.2, 0) is 23.6 Å². The number of carbonyl (C=O) groups excluding carboxylic acids is 2. The molecule has 0 bridgehead atoms. The molecule has 0 aromatic heterocycles. The highest BCUT2D eigenvalue weighted by Gasteiger charge is 2.38. The third-order valence-electron chi connectivity index (χ3n) is 6.50. The van der Waals surface area contributed by atoms with E-state index in [9.17, 15) is 45.4 Å². The van der Waals surface area contributed by atoms with Gasteiger partial charge in [-0.3, -0.25) is 0 Å². The van der Waals surface area contributed by atoms with E-state index in [1.165, 1.54) is 31.2 Å². The summed E-state index contributed by atoms with van der Waals surface area (Å²) in [5.41, 5.74) is -3.13. The first-order valence-electron chi connectivity index (χ1n) is 12.3. The van der Waals surface area contributed by atoms with Gasteiger partial charge in [-0.25, -0.2) is 14.0 Å². The lowest BCUT2D eigenvalue weighted by Gasteiger charge is -2.40. The number of alkyl halides is 6. The summed E-state index contributed by atoms with van der Waals surface area (Å²) in [6, 6.07) is 3.48. The van der Waals surface area contributed by atoms with Crippen LogP contribution in [0.5, 0.6) is 5.75 Å². The van der Waals surface area contributed by atoms with Gasteiger partial charge in [-0.1, -0.05) is 6.07 Å². The largest absolute Gasteiger partial charge is 0.496 e. The minimum atomic E-state index is -5.08. The van der Waals surface area contributed by atoms with E-state index in [0.29, 0.717) is 17.7 Å². The van der Waals surface area contributed by atoms with E-state index in [4.69, 9.17) is 9.47 Å². The van der Waals surface area contributed by atoms with Crippen LogP contribution >= 0.6 is 0 Å². The molecule has 3 rings (SSSR count). The fourth-order valence-corrected chi connectivity index (χ4v) is 4.59. The SMILES string of the molecule is CNC(=O)N1CCC(OC(=O)N(CCO)Cc2cc(C(F)(F)F)cc(C(F)(F)F)c2)CC1c1ccc(F)cc1OC. The Morgan fingerprint density at radius 3 is 2.24 bits per heavy atom. The second kappa shape index (κ2) is 12.8. The molecular weight excluding hydrogens is 567 g/mol. The highest BCUT2D eigenvalue weighted by atomic mass is 19.4. The first kappa shape index (κ1) is 31.8. The van der Waals surface area contributed by atoms with Crippen molar-refractivity contribution >= 4 is 12.1 Å². The molecule has 8 nitrogen and oxygen atoms in total. The summed E-state index contributed by atoms with van der Waals surface area (Å²) < 4.78 is 104. The Labute approximate surface area is 230 Å². The number of benzene rings is 2. The van der Waals surface area contributed by atoms with Crippen LogP contribution in [0, 0.1) is 5.82 Å². The molecule has 2 unspecified atom stereocenters. The summed E-state index contributed by atoms with van der Waals surface area (Å²) >= 11 is 0. The monoisotopic (exact) mass is 595 g/mol. The van der Waals surface area contributed by atoms with E-state index < -0.39 is 78.8 Å². The number of likely N-dealkylation sites (tertiary alicyclic amines) is 1. The molecule has 2 aromatic rings. The highest BCUT2D eigenvalue weighted by molar-refractivity contribution is 5.75. The molecule has 2 aromatic carbocycles. The average molecular weight is 596 g/mol. The topological polar surface area (TPSA) is 91.3 Å². The van der Waals surface area contributed by atoms with Crippen LogP contribution in [0.15, 0.2) is 36.4 Å². The lowest BCUT2D eigenvalue weighted by Crippen LogP contribution is -2.48. The molecule has 0 spiro atoms. The van der Waals surface area contributed by atoms with Crippen molar-refractivity contribution in [1.82, 2.24) is 15.1 Å². The number of hydrogen-bond donors (Lipinski definition) is 2. The number of ether oxygens (including phenoxy) is 2. The van der Waals surface area contributed by atoms with Gasteiger partial charge in [-0.2, -0.15) is 26.3 Å². The van der Waals surface area contributed by atoms with Crippen molar-refractivity contribution in [2.24, 2.45) is 0 Å². The minimum Gasteiger partial charge on any atom is -0.496 e. The number of amides is 3.